The second-order valence-corrected chi connectivity index (χ2v) is 5.97. The third-order valence-electron chi connectivity index (χ3n) is 3.04. The monoisotopic (exact) mass is 297 g/mol. The van der Waals surface area contributed by atoms with Crippen molar-refractivity contribution in [2.45, 2.75) is 45.2 Å². The zero-order valence-electron chi connectivity index (χ0n) is 12.6. The lowest BCUT2D eigenvalue weighted by molar-refractivity contribution is -0.121. The molecule has 0 aliphatic rings. The lowest BCUT2D eigenvalue weighted by Gasteiger charge is -2.08. The van der Waals surface area contributed by atoms with E-state index < -0.39 is 0 Å². The Hall–Kier alpha value is -1.30. The van der Waals surface area contributed by atoms with Crippen LogP contribution in [0.5, 0.6) is 0 Å². The summed E-state index contributed by atoms with van der Waals surface area (Å²) in [4.78, 5) is 30.6. The molecule has 0 spiro atoms. The Morgan fingerprint density at radius 3 is 2.70 bits per heavy atom. The molecule has 2 N–H and O–H groups in total. The van der Waals surface area contributed by atoms with Gasteiger partial charge < -0.3 is 10.3 Å². The predicted molar refractivity (Wildman–Crippen MR) is 82.2 cm³/mol. The van der Waals surface area contributed by atoms with Gasteiger partial charge in [-0.2, -0.15) is 0 Å². The zero-order valence-corrected chi connectivity index (χ0v) is 13.4. The second kappa shape index (κ2) is 8.09. The van der Waals surface area contributed by atoms with Gasteiger partial charge in [0, 0.05) is 24.2 Å². The van der Waals surface area contributed by atoms with Crippen molar-refractivity contribution in [2.24, 2.45) is 5.92 Å². The van der Waals surface area contributed by atoms with E-state index in [-0.39, 0.29) is 11.5 Å². The highest BCUT2D eigenvalue weighted by Crippen LogP contribution is 2.09. The molecule has 1 aromatic rings. The molecule has 0 fully saturated rings. The zero-order chi connectivity index (χ0) is 15.1. The number of hydrogen-bond donors (Lipinski definition) is 2. The maximum absolute atomic E-state index is 11.9. The van der Waals surface area contributed by atoms with Gasteiger partial charge in [-0.25, -0.2) is 4.98 Å². The van der Waals surface area contributed by atoms with Gasteiger partial charge >= 0.3 is 0 Å². The number of rotatable bonds is 7. The lowest BCUT2D eigenvalue weighted by atomic mass is 10.1. The number of H-pyrrole nitrogens is 1. The minimum Gasteiger partial charge on any atom is -0.356 e. The first-order valence-electron chi connectivity index (χ1n) is 6.84. The summed E-state index contributed by atoms with van der Waals surface area (Å²) in [5, 5.41) is 3.48. The van der Waals surface area contributed by atoms with E-state index in [1.54, 1.807) is 6.92 Å². The number of carbonyl (C=O) groups is 1. The van der Waals surface area contributed by atoms with E-state index in [0.717, 1.165) is 6.42 Å². The Balaban J connectivity index is 2.53. The Kier molecular flexibility index (Phi) is 6.78. The number of aryl methyl sites for hydroxylation is 1. The van der Waals surface area contributed by atoms with Crippen molar-refractivity contribution >= 4 is 17.7 Å². The number of aromatic amines is 1. The van der Waals surface area contributed by atoms with Gasteiger partial charge in [-0.05, 0) is 31.9 Å². The average Bonchev–Trinajstić information content (AvgIpc) is 2.36. The molecule has 1 heterocycles. The van der Waals surface area contributed by atoms with Gasteiger partial charge in [0.15, 0.2) is 5.16 Å². The van der Waals surface area contributed by atoms with Crippen molar-refractivity contribution in [3.8, 4) is 0 Å². The molecular weight excluding hydrogens is 274 g/mol. The summed E-state index contributed by atoms with van der Waals surface area (Å²) in [5.41, 5.74) is 1.16. The molecule has 0 saturated heterocycles. The second-order valence-electron chi connectivity index (χ2n) is 5.17. The van der Waals surface area contributed by atoms with E-state index in [1.165, 1.54) is 11.8 Å². The molecule has 1 rings (SSSR count). The number of carbonyl (C=O) groups excluding carboxylic acids is 1. The van der Waals surface area contributed by atoms with Crippen LogP contribution in [0.25, 0.3) is 0 Å². The van der Waals surface area contributed by atoms with Crippen molar-refractivity contribution < 1.29 is 4.79 Å². The average molecular weight is 297 g/mol. The number of thioether (sulfide) groups is 1. The predicted octanol–water partition coefficient (Wildman–Crippen LogP) is 1.90. The molecule has 0 bridgehead atoms. The fourth-order valence-corrected chi connectivity index (χ4v) is 2.23. The van der Waals surface area contributed by atoms with Gasteiger partial charge in [0.25, 0.3) is 5.56 Å². The Morgan fingerprint density at radius 1 is 1.45 bits per heavy atom. The van der Waals surface area contributed by atoms with Crippen LogP contribution >= 0.6 is 11.8 Å². The maximum Gasteiger partial charge on any atom is 0.254 e. The molecule has 112 valence electrons. The molecule has 0 aliphatic carbocycles. The fraction of sp³-hybridized carbons (Fsp3) is 0.643. The highest BCUT2D eigenvalue weighted by atomic mass is 32.2. The first kappa shape index (κ1) is 16.8. The van der Waals surface area contributed by atoms with Crippen LogP contribution in [-0.2, 0) is 11.2 Å². The first-order chi connectivity index (χ1) is 9.43. The molecule has 20 heavy (non-hydrogen) atoms. The van der Waals surface area contributed by atoms with Crippen LogP contribution in [0.15, 0.2) is 9.95 Å². The molecule has 0 aromatic carbocycles. The van der Waals surface area contributed by atoms with Crippen molar-refractivity contribution in [1.82, 2.24) is 15.3 Å². The van der Waals surface area contributed by atoms with E-state index in [9.17, 15) is 9.59 Å². The maximum atomic E-state index is 11.9. The van der Waals surface area contributed by atoms with Crippen LogP contribution in [0.1, 0.15) is 37.9 Å². The summed E-state index contributed by atoms with van der Waals surface area (Å²) in [6.45, 7) is 6.73. The van der Waals surface area contributed by atoms with E-state index in [0.29, 0.717) is 41.7 Å². The van der Waals surface area contributed by atoms with Crippen molar-refractivity contribution in [2.75, 3.05) is 12.8 Å². The van der Waals surface area contributed by atoms with Crippen LogP contribution in [0, 0.1) is 12.8 Å². The van der Waals surface area contributed by atoms with Gasteiger partial charge in [-0.3, -0.25) is 9.59 Å². The molecule has 6 heteroatoms. The number of amides is 1. The first-order valence-corrected chi connectivity index (χ1v) is 8.07. The standard InChI is InChI=1S/C14H23N3O2S/c1-9(2)7-8-15-12(18)6-5-11-10(3)16-14(20-4)17-13(11)19/h9H,5-8H2,1-4H3,(H,15,18)(H,16,17,19). The van der Waals surface area contributed by atoms with Crippen LogP contribution in [0.3, 0.4) is 0 Å². The quantitative estimate of drug-likeness (QED) is 0.595. The van der Waals surface area contributed by atoms with Crippen molar-refractivity contribution in [1.29, 1.82) is 0 Å². The number of aromatic nitrogens is 2. The van der Waals surface area contributed by atoms with Crippen LogP contribution in [-0.4, -0.2) is 28.7 Å². The van der Waals surface area contributed by atoms with Gasteiger partial charge in [-0.15, -0.1) is 0 Å². The van der Waals surface area contributed by atoms with Crippen LogP contribution in [0.2, 0.25) is 0 Å². The largest absolute Gasteiger partial charge is 0.356 e. The summed E-state index contributed by atoms with van der Waals surface area (Å²) >= 11 is 1.40. The molecule has 5 nitrogen and oxygen atoms in total. The Bertz CT molecular complexity index is 512. The molecule has 1 aromatic heterocycles. The minimum atomic E-state index is -0.142. The van der Waals surface area contributed by atoms with E-state index in [2.05, 4.69) is 29.1 Å². The van der Waals surface area contributed by atoms with Crippen LogP contribution < -0.4 is 10.9 Å². The highest BCUT2D eigenvalue weighted by molar-refractivity contribution is 7.98. The third-order valence-corrected chi connectivity index (χ3v) is 3.62. The molecule has 0 aliphatic heterocycles. The molecule has 0 unspecified atom stereocenters. The smallest absolute Gasteiger partial charge is 0.254 e. The molecular formula is C14H23N3O2S. The van der Waals surface area contributed by atoms with Crippen molar-refractivity contribution in [3.05, 3.63) is 21.6 Å². The van der Waals surface area contributed by atoms with Crippen LogP contribution in [0.4, 0.5) is 0 Å². The summed E-state index contributed by atoms with van der Waals surface area (Å²) in [5.74, 6) is 0.557. The Labute approximate surface area is 124 Å². The third kappa shape index (κ3) is 5.36. The van der Waals surface area contributed by atoms with Gasteiger partial charge in [0.1, 0.15) is 0 Å². The molecule has 1 amide bonds. The summed E-state index contributed by atoms with van der Waals surface area (Å²) in [7, 11) is 0. The number of nitrogens with zero attached hydrogens (tertiary/aromatic N) is 1. The summed E-state index contributed by atoms with van der Waals surface area (Å²) in [6, 6.07) is 0. The van der Waals surface area contributed by atoms with E-state index in [1.807, 2.05) is 6.26 Å². The van der Waals surface area contributed by atoms with Gasteiger partial charge in [0.05, 0.1) is 0 Å². The highest BCUT2D eigenvalue weighted by Gasteiger charge is 2.10. The topological polar surface area (TPSA) is 74.8 Å². The van der Waals surface area contributed by atoms with E-state index in [4.69, 9.17) is 0 Å². The van der Waals surface area contributed by atoms with Crippen molar-refractivity contribution in [3.63, 3.8) is 0 Å². The minimum absolute atomic E-state index is 0.0154. The van der Waals surface area contributed by atoms with Gasteiger partial charge in [-0.1, -0.05) is 25.6 Å². The normalized spacial score (nSPS) is 10.8. The number of hydrogen-bond acceptors (Lipinski definition) is 4. The molecule has 0 radical (unpaired) electrons. The van der Waals surface area contributed by atoms with Gasteiger partial charge in [0.2, 0.25) is 5.91 Å². The molecule has 0 saturated carbocycles. The fourth-order valence-electron chi connectivity index (χ4n) is 1.80. The summed E-state index contributed by atoms with van der Waals surface area (Å²) < 4.78 is 0. The van der Waals surface area contributed by atoms with E-state index >= 15 is 0 Å². The summed E-state index contributed by atoms with van der Waals surface area (Å²) in [6.07, 6.45) is 3.58. The lowest BCUT2D eigenvalue weighted by Crippen LogP contribution is -2.27. The Morgan fingerprint density at radius 2 is 2.15 bits per heavy atom. The molecule has 0 atom stereocenters. The SMILES string of the molecule is CSc1nc(C)c(CCC(=O)NCCC(C)C)c(=O)[nH]1. The number of nitrogens with one attached hydrogen (secondary N) is 2.